The molecule has 4 heteroatoms. The summed E-state index contributed by atoms with van der Waals surface area (Å²) in [5, 5.41) is 2.91. The van der Waals surface area contributed by atoms with E-state index in [-0.39, 0.29) is 5.91 Å². The average Bonchev–Trinajstić information content (AvgIpc) is 2.29. The van der Waals surface area contributed by atoms with Crippen molar-refractivity contribution in [2.24, 2.45) is 0 Å². The number of nitrogens with zero attached hydrogens (tertiary/aromatic N) is 1. The summed E-state index contributed by atoms with van der Waals surface area (Å²) in [6.07, 6.45) is 2.51. The molecule has 0 saturated heterocycles. The molecule has 0 aromatic heterocycles. The van der Waals surface area contributed by atoms with Gasteiger partial charge in [0.25, 0.3) is 0 Å². The topological polar surface area (TPSA) is 32.3 Å². The van der Waals surface area contributed by atoms with E-state index in [0.717, 1.165) is 12.1 Å². The maximum absolute atomic E-state index is 11.6. The van der Waals surface area contributed by atoms with Crippen molar-refractivity contribution in [3.63, 3.8) is 0 Å². The zero-order valence-corrected chi connectivity index (χ0v) is 11.5. The van der Waals surface area contributed by atoms with Gasteiger partial charge in [-0.25, -0.2) is 0 Å². The number of thioether (sulfide) groups is 1. The summed E-state index contributed by atoms with van der Waals surface area (Å²) >= 11 is 1.71. The Morgan fingerprint density at radius 2 is 1.94 bits per heavy atom. The number of carbonyl (C=O) groups excluding carboxylic acids is 1. The molecule has 0 fully saturated rings. The van der Waals surface area contributed by atoms with Gasteiger partial charge < -0.3 is 10.2 Å². The van der Waals surface area contributed by atoms with E-state index in [0.29, 0.717) is 13.0 Å². The molecular weight excluding hydrogens is 232 g/mol. The van der Waals surface area contributed by atoms with Crippen molar-refractivity contribution in [3.8, 4) is 0 Å². The molecule has 17 heavy (non-hydrogen) atoms. The van der Waals surface area contributed by atoms with Gasteiger partial charge in [0.2, 0.25) is 5.91 Å². The molecule has 0 heterocycles. The Hall–Kier alpha value is -1.00. The van der Waals surface area contributed by atoms with Gasteiger partial charge in [0, 0.05) is 18.0 Å². The van der Waals surface area contributed by atoms with E-state index in [1.807, 2.05) is 49.5 Å². The lowest BCUT2D eigenvalue weighted by molar-refractivity contribution is -0.120. The quantitative estimate of drug-likeness (QED) is 0.781. The monoisotopic (exact) mass is 252 g/mol. The van der Waals surface area contributed by atoms with Crippen LogP contribution >= 0.6 is 11.8 Å². The highest BCUT2D eigenvalue weighted by Gasteiger charge is 2.02. The van der Waals surface area contributed by atoms with Crippen LogP contribution in [0.4, 0.5) is 0 Å². The first-order valence-electron chi connectivity index (χ1n) is 5.66. The van der Waals surface area contributed by atoms with Crippen molar-refractivity contribution in [3.05, 3.63) is 29.8 Å². The molecule has 1 N–H and O–H groups in total. The van der Waals surface area contributed by atoms with Gasteiger partial charge in [-0.05, 0) is 38.0 Å². The van der Waals surface area contributed by atoms with Gasteiger partial charge in [0.1, 0.15) is 0 Å². The second kappa shape index (κ2) is 7.35. The van der Waals surface area contributed by atoms with Crippen LogP contribution in [0.1, 0.15) is 5.56 Å². The summed E-state index contributed by atoms with van der Waals surface area (Å²) in [7, 11) is 3.99. The molecule has 0 unspecified atom stereocenters. The molecule has 3 nitrogen and oxygen atoms in total. The molecule has 0 aliphatic rings. The van der Waals surface area contributed by atoms with Crippen LogP contribution in [-0.4, -0.2) is 44.2 Å². The average molecular weight is 252 g/mol. The van der Waals surface area contributed by atoms with E-state index in [4.69, 9.17) is 0 Å². The highest BCUT2D eigenvalue weighted by Crippen LogP contribution is 2.14. The fraction of sp³-hybridized carbons (Fsp3) is 0.462. The molecule has 1 rings (SSSR count). The minimum Gasteiger partial charge on any atom is -0.355 e. The van der Waals surface area contributed by atoms with Crippen molar-refractivity contribution >= 4 is 17.7 Å². The van der Waals surface area contributed by atoms with Crippen molar-refractivity contribution < 1.29 is 4.79 Å². The van der Waals surface area contributed by atoms with Crippen LogP contribution < -0.4 is 5.32 Å². The lowest BCUT2D eigenvalue weighted by Gasteiger charge is -2.10. The Morgan fingerprint density at radius 1 is 1.29 bits per heavy atom. The zero-order valence-electron chi connectivity index (χ0n) is 10.7. The number of hydrogen-bond donors (Lipinski definition) is 1. The summed E-state index contributed by atoms with van der Waals surface area (Å²) in [4.78, 5) is 14.9. The third-order valence-corrected chi connectivity index (χ3v) is 3.15. The summed E-state index contributed by atoms with van der Waals surface area (Å²) < 4.78 is 0. The maximum atomic E-state index is 11.6. The molecule has 0 bridgehead atoms. The summed E-state index contributed by atoms with van der Waals surface area (Å²) in [5.41, 5.74) is 1.06. The van der Waals surface area contributed by atoms with E-state index >= 15 is 0 Å². The first-order valence-corrected chi connectivity index (χ1v) is 6.88. The van der Waals surface area contributed by atoms with Crippen LogP contribution in [0, 0.1) is 0 Å². The number of carbonyl (C=O) groups is 1. The highest BCUT2D eigenvalue weighted by molar-refractivity contribution is 7.98. The predicted octanol–water partition coefficient (Wildman–Crippen LogP) is 1.63. The van der Waals surface area contributed by atoms with Crippen LogP contribution in [0.25, 0.3) is 0 Å². The number of rotatable bonds is 6. The van der Waals surface area contributed by atoms with Gasteiger partial charge in [-0.1, -0.05) is 12.1 Å². The Labute approximate surface area is 108 Å². The second-order valence-electron chi connectivity index (χ2n) is 4.18. The van der Waals surface area contributed by atoms with Gasteiger partial charge in [-0.3, -0.25) is 4.79 Å². The lowest BCUT2D eigenvalue weighted by Crippen LogP contribution is -2.32. The number of likely N-dealkylation sites (N-methyl/N-ethyl adjacent to an activating group) is 1. The second-order valence-corrected chi connectivity index (χ2v) is 5.06. The molecular formula is C13H20N2OS. The van der Waals surface area contributed by atoms with Crippen LogP contribution in [0.15, 0.2) is 29.2 Å². The van der Waals surface area contributed by atoms with E-state index in [1.54, 1.807) is 11.8 Å². The van der Waals surface area contributed by atoms with Crippen LogP contribution in [0.3, 0.4) is 0 Å². The van der Waals surface area contributed by atoms with Gasteiger partial charge in [0.15, 0.2) is 0 Å². The first kappa shape index (κ1) is 14.1. The summed E-state index contributed by atoms with van der Waals surface area (Å²) in [6, 6.07) is 8.12. The minimum atomic E-state index is 0.0868. The molecule has 0 radical (unpaired) electrons. The molecule has 1 amide bonds. The first-order chi connectivity index (χ1) is 8.11. The lowest BCUT2D eigenvalue weighted by atomic mass is 10.1. The Balaban J connectivity index is 2.34. The predicted molar refractivity (Wildman–Crippen MR) is 73.5 cm³/mol. The maximum Gasteiger partial charge on any atom is 0.224 e. The van der Waals surface area contributed by atoms with Crippen LogP contribution in [0.5, 0.6) is 0 Å². The minimum absolute atomic E-state index is 0.0868. The summed E-state index contributed by atoms with van der Waals surface area (Å²) in [6.45, 7) is 1.58. The third kappa shape index (κ3) is 5.75. The van der Waals surface area contributed by atoms with Crippen molar-refractivity contribution in [1.29, 1.82) is 0 Å². The van der Waals surface area contributed by atoms with E-state index in [2.05, 4.69) is 5.32 Å². The fourth-order valence-electron chi connectivity index (χ4n) is 1.41. The van der Waals surface area contributed by atoms with Gasteiger partial charge >= 0.3 is 0 Å². The van der Waals surface area contributed by atoms with E-state index in [1.165, 1.54) is 4.90 Å². The molecule has 1 aromatic rings. The smallest absolute Gasteiger partial charge is 0.224 e. The molecule has 0 atom stereocenters. The zero-order chi connectivity index (χ0) is 12.7. The number of nitrogens with one attached hydrogen (secondary N) is 1. The van der Waals surface area contributed by atoms with Crippen LogP contribution in [0.2, 0.25) is 0 Å². The number of amides is 1. The fourth-order valence-corrected chi connectivity index (χ4v) is 1.82. The van der Waals surface area contributed by atoms with E-state index in [9.17, 15) is 4.79 Å². The summed E-state index contributed by atoms with van der Waals surface area (Å²) in [5.74, 6) is 0.0868. The normalized spacial score (nSPS) is 10.6. The Bertz CT molecular complexity index is 349. The standard InChI is InChI=1S/C13H20N2OS/c1-15(2)9-8-14-13(16)10-11-4-6-12(17-3)7-5-11/h4-7H,8-10H2,1-3H3,(H,14,16). The van der Waals surface area contributed by atoms with Crippen molar-refractivity contribution in [2.75, 3.05) is 33.4 Å². The van der Waals surface area contributed by atoms with Gasteiger partial charge in [-0.15, -0.1) is 11.8 Å². The third-order valence-electron chi connectivity index (χ3n) is 2.40. The molecule has 0 spiro atoms. The number of benzene rings is 1. The van der Waals surface area contributed by atoms with Crippen molar-refractivity contribution in [2.45, 2.75) is 11.3 Å². The Kier molecular flexibility index (Phi) is 6.08. The largest absolute Gasteiger partial charge is 0.355 e. The molecule has 0 aliphatic carbocycles. The van der Waals surface area contributed by atoms with Gasteiger partial charge in [0.05, 0.1) is 6.42 Å². The Morgan fingerprint density at radius 3 is 2.47 bits per heavy atom. The number of hydrogen-bond acceptors (Lipinski definition) is 3. The molecule has 0 saturated carbocycles. The highest BCUT2D eigenvalue weighted by atomic mass is 32.2. The molecule has 94 valence electrons. The molecule has 1 aromatic carbocycles. The van der Waals surface area contributed by atoms with Crippen LogP contribution in [-0.2, 0) is 11.2 Å². The van der Waals surface area contributed by atoms with Crippen molar-refractivity contribution in [1.82, 2.24) is 10.2 Å². The van der Waals surface area contributed by atoms with E-state index < -0.39 is 0 Å². The molecule has 0 aliphatic heterocycles. The van der Waals surface area contributed by atoms with Gasteiger partial charge in [-0.2, -0.15) is 0 Å². The SMILES string of the molecule is CSc1ccc(CC(=O)NCCN(C)C)cc1.